The van der Waals surface area contributed by atoms with Crippen LogP contribution in [0.4, 0.5) is 17.8 Å². The van der Waals surface area contributed by atoms with Gasteiger partial charge in [0.25, 0.3) is 0 Å². The summed E-state index contributed by atoms with van der Waals surface area (Å²) in [6.07, 6.45) is 0. The maximum atomic E-state index is 9.79. The van der Waals surface area contributed by atoms with E-state index in [4.69, 9.17) is 4.74 Å². The summed E-state index contributed by atoms with van der Waals surface area (Å²) in [6, 6.07) is 0. The van der Waals surface area contributed by atoms with E-state index in [1.165, 1.54) is 0 Å². The number of anilines is 3. The predicted octanol–water partition coefficient (Wildman–Crippen LogP) is 0.323. The van der Waals surface area contributed by atoms with Gasteiger partial charge in [-0.15, -0.1) is 0 Å². The van der Waals surface area contributed by atoms with Crippen LogP contribution in [0.1, 0.15) is 20.8 Å². The molecule has 0 spiro atoms. The molecule has 0 unspecified atom stereocenters. The van der Waals surface area contributed by atoms with Crippen molar-refractivity contribution in [3.05, 3.63) is 0 Å². The number of hydrogen-bond donors (Lipinski definition) is 3. The lowest BCUT2D eigenvalue weighted by Crippen LogP contribution is -2.38. The van der Waals surface area contributed by atoms with E-state index >= 15 is 0 Å². The van der Waals surface area contributed by atoms with Crippen molar-refractivity contribution < 1.29 is 9.84 Å². The predicted molar refractivity (Wildman–Crippen MR) is 81.8 cm³/mol. The van der Waals surface area contributed by atoms with Gasteiger partial charge in [0.15, 0.2) is 0 Å². The van der Waals surface area contributed by atoms with Gasteiger partial charge in [-0.3, -0.25) is 0 Å². The van der Waals surface area contributed by atoms with Crippen LogP contribution in [-0.4, -0.2) is 65.1 Å². The summed E-state index contributed by atoms with van der Waals surface area (Å²) in [6.45, 7) is 9.43. The van der Waals surface area contributed by atoms with Crippen LogP contribution < -0.4 is 15.5 Å². The Balaban J connectivity index is 2.16. The Morgan fingerprint density at radius 1 is 1.14 bits per heavy atom. The molecule has 0 amide bonds. The fourth-order valence-electron chi connectivity index (χ4n) is 1.88. The summed E-state index contributed by atoms with van der Waals surface area (Å²) < 4.78 is 5.34. The summed E-state index contributed by atoms with van der Waals surface area (Å²) in [7, 11) is 0. The van der Waals surface area contributed by atoms with E-state index in [-0.39, 0.29) is 0 Å². The SMILES string of the molecule is CCNc1nc(NCC(C)(C)O)nc(N2CCOCC2)n1. The molecule has 0 bridgehead atoms. The number of rotatable bonds is 6. The van der Waals surface area contributed by atoms with Crippen molar-refractivity contribution in [2.75, 3.05) is 54.9 Å². The molecule has 0 saturated carbocycles. The van der Waals surface area contributed by atoms with Crippen molar-refractivity contribution in [2.45, 2.75) is 26.4 Å². The second kappa shape index (κ2) is 6.86. The molecule has 2 rings (SSSR count). The van der Waals surface area contributed by atoms with Gasteiger partial charge in [0.1, 0.15) is 0 Å². The molecule has 8 heteroatoms. The molecule has 2 heterocycles. The summed E-state index contributed by atoms with van der Waals surface area (Å²) in [5.41, 5.74) is -0.829. The highest BCUT2D eigenvalue weighted by Gasteiger charge is 2.18. The molecule has 0 aliphatic carbocycles. The minimum atomic E-state index is -0.829. The lowest BCUT2D eigenvalue weighted by Gasteiger charge is -2.27. The Morgan fingerprint density at radius 2 is 1.76 bits per heavy atom. The van der Waals surface area contributed by atoms with Crippen molar-refractivity contribution >= 4 is 17.8 Å². The molecule has 1 aromatic rings. The quantitative estimate of drug-likeness (QED) is 0.691. The second-order valence-electron chi connectivity index (χ2n) is 5.58. The largest absolute Gasteiger partial charge is 0.389 e. The number of hydrogen-bond acceptors (Lipinski definition) is 8. The van der Waals surface area contributed by atoms with Crippen LogP contribution >= 0.6 is 0 Å². The number of aliphatic hydroxyl groups is 1. The van der Waals surface area contributed by atoms with Crippen molar-refractivity contribution in [1.82, 2.24) is 15.0 Å². The minimum absolute atomic E-state index is 0.366. The first kappa shape index (κ1) is 15.7. The molecule has 0 atom stereocenters. The molecule has 1 aromatic heterocycles. The zero-order chi connectivity index (χ0) is 15.3. The minimum Gasteiger partial charge on any atom is -0.389 e. The van der Waals surface area contributed by atoms with Crippen molar-refractivity contribution in [3.63, 3.8) is 0 Å². The fourth-order valence-corrected chi connectivity index (χ4v) is 1.88. The molecule has 8 nitrogen and oxygen atoms in total. The van der Waals surface area contributed by atoms with Crippen LogP contribution in [0, 0.1) is 0 Å². The zero-order valence-corrected chi connectivity index (χ0v) is 12.9. The van der Waals surface area contributed by atoms with Crippen molar-refractivity contribution in [3.8, 4) is 0 Å². The topological polar surface area (TPSA) is 95.4 Å². The van der Waals surface area contributed by atoms with Crippen molar-refractivity contribution in [1.29, 1.82) is 0 Å². The number of morpholine rings is 1. The third-order valence-corrected chi connectivity index (χ3v) is 2.93. The van der Waals surface area contributed by atoms with Crippen LogP contribution in [0.3, 0.4) is 0 Å². The van der Waals surface area contributed by atoms with E-state index < -0.39 is 5.60 Å². The van der Waals surface area contributed by atoms with Crippen LogP contribution in [0.25, 0.3) is 0 Å². The third-order valence-electron chi connectivity index (χ3n) is 2.93. The molecule has 1 aliphatic heterocycles. The van der Waals surface area contributed by atoms with Gasteiger partial charge in [0.05, 0.1) is 18.8 Å². The van der Waals surface area contributed by atoms with Gasteiger partial charge in [-0.25, -0.2) is 0 Å². The summed E-state index contributed by atoms with van der Waals surface area (Å²) in [5.74, 6) is 1.62. The highest BCUT2D eigenvalue weighted by atomic mass is 16.5. The lowest BCUT2D eigenvalue weighted by atomic mass is 10.1. The maximum absolute atomic E-state index is 9.79. The smallest absolute Gasteiger partial charge is 0.232 e. The second-order valence-corrected chi connectivity index (χ2v) is 5.58. The Hall–Kier alpha value is -1.67. The van der Waals surface area contributed by atoms with Gasteiger partial charge >= 0.3 is 0 Å². The Labute approximate surface area is 125 Å². The van der Waals surface area contributed by atoms with E-state index in [1.807, 2.05) is 6.92 Å². The summed E-state index contributed by atoms with van der Waals surface area (Å²) >= 11 is 0. The average Bonchev–Trinajstić information content (AvgIpc) is 2.46. The first-order valence-corrected chi connectivity index (χ1v) is 7.27. The van der Waals surface area contributed by atoms with E-state index in [0.29, 0.717) is 37.6 Å². The molecule has 118 valence electrons. The first-order valence-electron chi connectivity index (χ1n) is 7.27. The molecule has 0 aromatic carbocycles. The zero-order valence-electron chi connectivity index (χ0n) is 12.9. The summed E-state index contributed by atoms with van der Waals surface area (Å²) in [5, 5.41) is 15.9. The van der Waals surface area contributed by atoms with Crippen LogP contribution in [0.2, 0.25) is 0 Å². The molecule has 3 N–H and O–H groups in total. The number of ether oxygens (including phenoxy) is 1. The van der Waals surface area contributed by atoms with Gasteiger partial charge < -0.3 is 25.4 Å². The number of nitrogens with zero attached hydrogens (tertiary/aromatic N) is 4. The van der Waals surface area contributed by atoms with Crippen LogP contribution in [0.15, 0.2) is 0 Å². The Morgan fingerprint density at radius 3 is 2.33 bits per heavy atom. The molecular formula is C13H24N6O2. The van der Waals surface area contributed by atoms with E-state index in [1.54, 1.807) is 13.8 Å². The highest BCUT2D eigenvalue weighted by Crippen LogP contribution is 2.15. The third kappa shape index (κ3) is 4.98. The number of aromatic nitrogens is 3. The molecule has 1 saturated heterocycles. The van der Waals surface area contributed by atoms with Crippen molar-refractivity contribution in [2.24, 2.45) is 0 Å². The highest BCUT2D eigenvalue weighted by molar-refractivity contribution is 5.44. The molecule has 1 fully saturated rings. The van der Waals surface area contributed by atoms with Gasteiger partial charge in [-0.1, -0.05) is 0 Å². The van der Waals surface area contributed by atoms with Gasteiger partial charge in [-0.05, 0) is 20.8 Å². The van der Waals surface area contributed by atoms with Gasteiger partial charge in [-0.2, -0.15) is 15.0 Å². The maximum Gasteiger partial charge on any atom is 0.232 e. The van der Waals surface area contributed by atoms with Gasteiger partial charge in [0.2, 0.25) is 17.8 Å². The lowest BCUT2D eigenvalue weighted by molar-refractivity contribution is 0.0943. The van der Waals surface area contributed by atoms with E-state index in [9.17, 15) is 5.11 Å². The normalized spacial score (nSPS) is 15.9. The fraction of sp³-hybridized carbons (Fsp3) is 0.769. The monoisotopic (exact) mass is 296 g/mol. The number of nitrogens with one attached hydrogen (secondary N) is 2. The standard InChI is InChI=1S/C13H24N6O2/c1-4-14-10-16-11(15-9-13(2,3)20)18-12(17-10)19-5-7-21-8-6-19/h20H,4-9H2,1-3H3,(H2,14,15,16,17,18). The average molecular weight is 296 g/mol. The van der Waals surface area contributed by atoms with Gasteiger partial charge in [0, 0.05) is 26.2 Å². The molecule has 21 heavy (non-hydrogen) atoms. The van der Waals surface area contributed by atoms with Crippen LogP contribution in [-0.2, 0) is 4.74 Å². The van der Waals surface area contributed by atoms with Crippen LogP contribution in [0.5, 0.6) is 0 Å². The molecule has 0 radical (unpaired) electrons. The van der Waals surface area contributed by atoms with E-state index in [2.05, 4.69) is 30.5 Å². The van der Waals surface area contributed by atoms with E-state index in [0.717, 1.165) is 19.6 Å². The first-order chi connectivity index (χ1) is 9.98. The molecule has 1 aliphatic rings. The summed E-state index contributed by atoms with van der Waals surface area (Å²) in [4.78, 5) is 15.2. The Bertz CT molecular complexity index is 456. The molecular weight excluding hydrogens is 272 g/mol. The Kier molecular flexibility index (Phi) is 5.13.